The fraction of sp³-hybridized carbons (Fsp3) is 0.867. The lowest BCUT2D eigenvalue weighted by Crippen LogP contribution is -2.57. The summed E-state index contributed by atoms with van der Waals surface area (Å²) < 4.78 is 0. The molecule has 0 spiro atoms. The molecule has 1 aliphatic heterocycles. The van der Waals surface area contributed by atoms with Crippen molar-refractivity contribution in [3.05, 3.63) is 0 Å². The van der Waals surface area contributed by atoms with Gasteiger partial charge >= 0.3 is 12.0 Å². The number of carboxylic acids is 1. The van der Waals surface area contributed by atoms with Crippen molar-refractivity contribution in [2.45, 2.75) is 62.9 Å². The Labute approximate surface area is 126 Å². The zero-order chi connectivity index (χ0) is 15.3. The van der Waals surface area contributed by atoms with Gasteiger partial charge in [-0.05, 0) is 38.8 Å². The summed E-state index contributed by atoms with van der Waals surface area (Å²) in [4.78, 5) is 25.4. The molecule has 2 amide bonds. The van der Waals surface area contributed by atoms with Gasteiger partial charge in [0.05, 0.1) is 12.0 Å². The van der Waals surface area contributed by atoms with E-state index in [2.05, 4.69) is 10.6 Å². The van der Waals surface area contributed by atoms with E-state index in [1.165, 1.54) is 0 Å². The van der Waals surface area contributed by atoms with E-state index in [1.807, 2.05) is 0 Å². The van der Waals surface area contributed by atoms with Crippen LogP contribution in [0.15, 0.2) is 0 Å². The number of nitrogens with one attached hydrogen (secondary N) is 2. The summed E-state index contributed by atoms with van der Waals surface area (Å²) in [6, 6.07) is 0.0803. The van der Waals surface area contributed by atoms with E-state index in [0.29, 0.717) is 0 Å². The molecule has 0 unspecified atom stereocenters. The van der Waals surface area contributed by atoms with Crippen molar-refractivity contribution in [2.24, 2.45) is 0 Å². The van der Waals surface area contributed by atoms with Crippen LogP contribution in [0.2, 0.25) is 0 Å². The molecule has 1 saturated heterocycles. The molecule has 1 saturated carbocycles. The molecule has 0 aromatic carbocycles. The summed E-state index contributed by atoms with van der Waals surface area (Å²) in [5, 5.41) is 15.6. The number of rotatable bonds is 4. The second-order valence-electron chi connectivity index (χ2n) is 6.39. The smallest absolute Gasteiger partial charge is 0.317 e. The van der Waals surface area contributed by atoms with Gasteiger partial charge in [0.25, 0.3) is 0 Å². The predicted molar refractivity (Wildman–Crippen MR) is 80.3 cm³/mol. The Bertz CT molecular complexity index is 374. The van der Waals surface area contributed by atoms with Gasteiger partial charge in [-0.15, -0.1) is 0 Å². The second kappa shape index (κ2) is 7.11. The first-order valence-corrected chi connectivity index (χ1v) is 8.00. The number of hydrogen-bond acceptors (Lipinski definition) is 3. The Morgan fingerprint density at radius 1 is 1.24 bits per heavy atom. The third kappa shape index (κ3) is 4.09. The van der Waals surface area contributed by atoms with Crippen molar-refractivity contribution in [1.29, 1.82) is 0 Å². The zero-order valence-corrected chi connectivity index (χ0v) is 12.9. The molecule has 120 valence electrons. The third-order valence-corrected chi connectivity index (χ3v) is 4.95. The van der Waals surface area contributed by atoms with Crippen LogP contribution in [0.1, 0.15) is 51.4 Å². The molecule has 1 heterocycles. The standard InChI is InChI=1S/C15H27N3O3/c1-18(14(21)17-12-5-9-16-10-6-12)15(11-13(19)20)7-3-2-4-8-15/h12,16H,2-11H2,1H3,(H,17,21)(H,19,20). The lowest BCUT2D eigenvalue weighted by atomic mass is 9.78. The summed E-state index contributed by atoms with van der Waals surface area (Å²) in [6.07, 6.45) is 6.62. The fourth-order valence-corrected chi connectivity index (χ4v) is 3.58. The minimum atomic E-state index is -0.821. The molecule has 6 heteroatoms. The van der Waals surface area contributed by atoms with E-state index in [1.54, 1.807) is 11.9 Å². The summed E-state index contributed by atoms with van der Waals surface area (Å²) >= 11 is 0. The number of carboxylic acid groups (broad SMARTS) is 1. The van der Waals surface area contributed by atoms with Crippen molar-refractivity contribution in [3.63, 3.8) is 0 Å². The van der Waals surface area contributed by atoms with Gasteiger partial charge in [-0.25, -0.2) is 4.79 Å². The van der Waals surface area contributed by atoms with E-state index >= 15 is 0 Å². The van der Waals surface area contributed by atoms with Crippen LogP contribution >= 0.6 is 0 Å². The Kier molecular flexibility index (Phi) is 5.45. The molecule has 0 atom stereocenters. The van der Waals surface area contributed by atoms with Crippen LogP contribution < -0.4 is 10.6 Å². The highest BCUT2D eigenvalue weighted by atomic mass is 16.4. The van der Waals surface area contributed by atoms with Crippen LogP contribution in [-0.2, 0) is 4.79 Å². The van der Waals surface area contributed by atoms with Crippen LogP contribution in [0, 0.1) is 0 Å². The molecule has 6 nitrogen and oxygen atoms in total. The third-order valence-electron chi connectivity index (χ3n) is 4.95. The largest absolute Gasteiger partial charge is 0.481 e. The summed E-state index contributed by atoms with van der Waals surface area (Å²) in [5.74, 6) is -0.821. The van der Waals surface area contributed by atoms with E-state index in [9.17, 15) is 14.7 Å². The molecule has 1 aliphatic carbocycles. The van der Waals surface area contributed by atoms with E-state index in [4.69, 9.17) is 0 Å². The van der Waals surface area contributed by atoms with E-state index in [-0.39, 0.29) is 18.5 Å². The quantitative estimate of drug-likeness (QED) is 0.735. The summed E-state index contributed by atoms with van der Waals surface area (Å²) in [7, 11) is 1.75. The number of hydrogen-bond donors (Lipinski definition) is 3. The molecule has 2 aliphatic rings. The maximum Gasteiger partial charge on any atom is 0.317 e. The first kappa shape index (κ1) is 16.1. The predicted octanol–water partition coefficient (Wildman–Crippen LogP) is 1.56. The van der Waals surface area contributed by atoms with Crippen molar-refractivity contribution in [1.82, 2.24) is 15.5 Å². The Hall–Kier alpha value is -1.30. The Balaban J connectivity index is 2.00. The van der Waals surface area contributed by atoms with Crippen LogP contribution in [0.3, 0.4) is 0 Å². The molecule has 3 N–H and O–H groups in total. The highest BCUT2D eigenvalue weighted by Crippen LogP contribution is 2.36. The number of carbonyl (C=O) groups excluding carboxylic acids is 1. The maximum atomic E-state index is 12.5. The van der Waals surface area contributed by atoms with Crippen molar-refractivity contribution < 1.29 is 14.7 Å². The second-order valence-corrected chi connectivity index (χ2v) is 6.39. The zero-order valence-electron chi connectivity index (χ0n) is 12.9. The highest BCUT2D eigenvalue weighted by Gasteiger charge is 2.40. The van der Waals surface area contributed by atoms with Gasteiger partial charge in [0, 0.05) is 13.1 Å². The molecular formula is C15H27N3O3. The van der Waals surface area contributed by atoms with Crippen LogP contribution in [0.4, 0.5) is 4.79 Å². The van der Waals surface area contributed by atoms with Gasteiger partial charge in [-0.2, -0.15) is 0 Å². The van der Waals surface area contributed by atoms with Gasteiger partial charge in [-0.1, -0.05) is 19.3 Å². The molecule has 0 radical (unpaired) electrons. The molecule has 2 fully saturated rings. The SMILES string of the molecule is CN(C(=O)NC1CCNCC1)C1(CC(=O)O)CCCCC1. The topological polar surface area (TPSA) is 81.7 Å². The number of amides is 2. The average molecular weight is 297 g/mol. The molecule has 0 bridgehead atoms. The lowest BCUT2D eigenvalue weighted by molar-refractivity contribution is -0.140. The van der Waals surface area contributed by atoms with Crippen LogP contribution in [0.5, 0.6) is 0 Å². The maximum absolute atomic E-state index is 12.5. The van der Waals surface area contributed by atoms with E-state index < -0.39 is 11.5 Å². The first-order valence-electron chi connectivity index (χ1n) is 8.00. The first-order chi connectivity index (χ1) is 10.0. The average Bonchev–Trinajstić information content (AvgIpc) is 2.47. The summed E-state index contributed by atoms with van der Waals surface area (Å²) in [6.45, 7) is 1.85. The number of aliphatic carboxylic acids is 1. The minimum Gasteiger partial charge on any atom is -0.481 e. The van der Waals surface area contributed by atoms with Crippen molar-refractivity contribution in [3.8, 4) is 0 Å². The monoisotopic (exact) mass is 297 g/mol. The van der Waals surface area contributed by atoms with Crippen molar-refractivity contribution >= 4 is 12.0 Å². The molecule has 2 rings (SSSR count). The Morgan fingerprint density at radius 3 is 2.43 bits per heavy atom. The van der Waals surface area contributed by atoms with E-state index in [0.717, 1.165) is 58.0 Å². The fourth-order valence-electron chi connectivity index (χ4n) is 3.58. The molecule has 21 heavy (non-hydrogen) atoms. The van der Waals surface area contributed by atoms with Crippen LogP contribution in [0.25, 0.3) is 0 Å². The van der Waals surface area contributed by atoms with Crippen molar-refractivity contribution in [2.75, 3.05) is 20.1 Å². The molecular weight excluding hydrogens is 270 g/mol. The molecule has 0 aromatic heterocycles. The summed E-state index contributed by atoms with van der Waals surface area (Å²) in [5.41, 5.74) is -0.513. The lowest BCUT2D eigenvalue weighted by Gasteiger charge is -2.44. The van der Waals surface area contributed by atoms with Gasteiger partial charge < -0.3 is 20.6 Å². The highest BCUT2D eigenvalue weighted by molar-refractivity contribution is 5.77. The normalized spacial score (nSPS) is 22.5. The van der Waals surface area contributed by atoms with Gasteiger partial charge in [-0.3, -0.25) is 4.79 Å². The molecule has 0 aromatic rings. The Morgan fingerprint density at radius 2 is 1.86 bits per heavy atom. The van der Waals surface area contributed by atoms with Gasteiger partial charge in [0.1, 0.15) is 0 Å². The van der Waals surface area contributed by atoms with Crippen LogP contribution in [-0.4, -0.2) is 53.7 Å². The number of urea groups is 1. The minimum absolute atomic E-state index is 0.0448. The number of piperidine rings is 1. The van der Waals surface area contributed by atoms with Gasteiger partial charge in [0.15, 0.2) is 0 Å². The number of nitrogens with zero attached hydrogens (tertiary/aromatic N) is 1. The number of carbonyl (C=O) groups is 2. The van der Waals surface area contributed by atoms with Gasteiger partial charge in [0.2, 0.25) is 0 Å².